The smallest absolute Gasteiger partial charge is 0.243 e. The number of carbonyl (C=O) groups excluding carboxylic acids is 5. The van der Waals surface area contributed by atoms with Gasteiger partial charge in [0.1, 0.15) is 26.2 Å². The molecule has 12 heterocycles. The van der Waals surface area contributed by atoms with Crippen LogP contribution in [-0.4, -0.2) is 249 Å². The number of hydrogen-bond acceptors (Lipinski definition) is 12. The molecule has 8 aliphatic heterocycles. The van der Waals surface area contributed by atoms with Crippen molar-refractivity contribution < 1.29 is 24.0 Å². The van der Waals surface area contributed by atoms with E-state index in [1.165, 1.54) is 61.2 Å². The maximum absolute atomic E-state index is 13.1. The van der Waals surface area contributed by atoms with E-state index in [-0.39, 0.29) is 42.6 Å². The van der Waals surface area contributed by atoms with Crippen LogP contribution in [0.4, 0.5) is 0 Å². The minimum atomic E-state index is -0.0904. The highest BCUT2D eigenvalue weighted by Gasteiger charge is 2.33. The molecule has 0 spiro atoms. The second-order valence-corrected chi connectivity index (χ2v) is 31.5. The molecule has 16 rings (SSSR count). The quantitative estimate of drug-likeness (QED) is 0.127. The SMILES string of the molecule is CC(C)N1CCN(C(=O)Cn2c3c(c4cc(Cl)ccc42)CN(C)CC3)CC1.CC1CN(C(=O)Cn2c3c(c4cc(Cl)ccc42)CN(C)CC3)CC(C)N1.CN1CCc2c(c3cc(Cl)ccc3n2CC(=O)N2CCNC(=O)C2)C1.CN1CCc2c(c3cc(Cl)ccc3n2CC(=O)N2CCNCC2)C1. The number of piperazine rings is 4. The summed E-state index contributed by atoms with van der Waals surface area (Å²) >= 11 is 25.0. The zero-order valence-corrected chi connectivity index (χ0v) is 63.6. The van der Waals surface area contributed by atoms with Crippen LogP contribution >= 0.6 is 46.4 Å². The first kappa shape index (κ1) is 73.6. The first-order chi connectivity index (χ1) is 49.0. The van der Waals surface area contributed by atoms with E-state index in [2.05, 4.69) is 139 Å². The fraction of sp³-hybridized carbons (Fsp3) is 0.519. The molecule has 4 saturated heterocycles. The minimum Gasteiger partial charge on any atom is -0.353 e. The van der Waals surface area contributed by atoms with Gasteiger partial charge in [0.15, 0.2) is 0 Å². The number of hydrogen-bond donors (Lipinski definition) is 3. The standard InChI is InChI=1S/C21H29ClN4O.C20H27ClN4O.C18H21ClN4O2.C18H23ClN4O/c1-15(2)24-8-10-25(11-9-24)21(27)14-26-19-5-4-16(22)12-17(19)18-13-23(3)7-6-20(18)26;1-13-9-24(10-14(2)22-13)20(26)12-25-18-5-4-15(21)8-16(18)17-11-23(3)7-6-19(17)25;1-21-6-4-16-14(9-21)13-8-12(19)2-3-15(13)23(16)11-18(25)22-7-5-20-17(24)10-22;1-21-7-4-17-15(11-21)14-10-13(19)2-3-16(14)23(17)12-18(24)22-8-5-20-6-9-22/h4-5,12,15H,6-11,13-14H2,1-3H3;4-5,8,13-14,22H,6-7,9-12H2,1-3H3;2-3,8H,4-7,9-11H2,1H3,(H,20,24);2-3,10,20H,4-9,11-12H2,1H3. The van der Waals surface area contributed by atoms with Crippen LogP contribution in [0.5, 0.6) is 0 Å². The number of rotatable bonds is 9. The van der Waals surface area contributed by atoms with E-state index in [1.807, 2.05) is 63.2 Å². The van der Waals surface area contributed by atoms with Gasteiger partial charge in [-0.05, 0) is 151 Å². The lowest BCUT2D eigenvalue weighted by molar-refractivity contribution is -0.138. The summed E-state index contributed by atoms with van der Waals surface area (Å²) in [5.41, 5.74) is 14.8. The van der Waals surface area contributed by atoms with E-state index < -0.39 is 0 Å². The van der Waals surface area contributed by atoms with Crippen molar-refractivity contribution in [3.8, 4) is 0 Å². The van der Waals surface area contributed by atoms with E-state index in [4.69, 9.17) is 46.4 Å². The molecule has 0 aliphatic carbocycles. The number of fused-ring (bicyclic) bond motifs is 12. The van der Waals surface area contributed by atoms with Gasteiger partial charge in [0.25, 0.3) is 0 Å². The van der Waals surface area contributed by atoms with Gasteiger partial charge in [0.2, 0.25) is 29.5 Å². The Bertz CT molecular complexity index is 4440. The number of amides is 5. The summed E-state index contributed by atoms with van der Waals surface area (Å²) in [6, 6.07) is 25.2. The summed E-state index contributed by atoms with van der Waals surface area (Å²) < 4.78 is 8.81. The Morgan fingerprint density at radius 2 is 0.725 bits per heavy atom. The Morgan fingerprint density at radius 1 is 0.412 bits per heavy atom. The van der Waals surface area contributed by atoms with E-state index >= 15 is 0 Å². The fourth-order valence-electron chi connectivity index (χ4n) is 16.7. The second-order valence-electron chi connectivity index (χ2n) is 29.7. The molecule has 8 aromatic rings. The van der Waals surface area contributed by atoms with Crippen molar-refractivity contribution >= 4 is 120 Å². The Morgan fingerprint density at radius 3 is 1.06 bits per heavy atom. The molecule has 4 aromatic carbocycles. The number of nitrogens with zero attached hydrogens (tertiary/aromatic N) is 13. The third-order valence-electron chi connectivity index (χ3n) is 22.0. The summed E-state index contributed by atoms with van der Waals surface area (Å²) in [5, 5.41) is 17.2. The number of halogens is 4. The van der Waals surface area contributed by atoms with Gasteiger partial charge in [0, 0.05) is 261 Å². The highest BCUT2D eigenvalue weighted by atomic mass is 35.5. The van der Waals surface area contributed by atoms with Gasteiger partial charge in [-0.2, -0.15) is 0 Å². The van der Waals surface area contributed by atoms with Gasteiger partial charge in [-0.1, -0.05) is 46.4 Å². The summed E-state index contributed by atoms with van der Waals surface area (Å²) in [6.45, 7) is 27.7. The molecule has 25 heteroatoms. The molecule has 8 aliphatic rings. The normalized spacial score (nSPS) is 20.1. The van der Waals surface area contributed by atoms with Gasteiger partial charge in [-0.15, -0.1) is 0 Å². The Labute approximate surface area is 619 Å². The van der Waals surface area contributed by atoms with Crippen LogP contribution in [-0.2, 0) is 102 Å². The van der Waals surface area contributed by atoms with Crippen molar-refractivity contribution in [2.45, 2.75) is 124 Å². The summed E-state index contributed by atoms with van der Waals surface area (Å²) in [6.07, 6.45) is 3.84. The Kier molecular flexibility index (Phi) is 23.0. The number of carbonyl (C=O) groups is 5. The average Bonchev–Trinajstić information content (AvgIpc) is 1.63. The van der Waals surface area contributed by atoms with Crippen LogP contribution in [0.25, 0.3) is 43.6 Å². The first-order valence-corrected chi connectivity index (χ1v) is 38.0. The zero-order chi connectivity index (χ0) is 71.8. The van der Waals surface area contributed by atoms with Gasteiger partial charge in [-0.25, -0.2) is 0 Å². The molecule has 0 bridgehead atoms. The summed E-state index contributed by atoms with van der Waals surface area (Å²) in [4.78, 5) is 82.6. The maximum atomic E-state index is 13.1. The lowest BCUT2D eigenvalue weighted by Crippen LogP contribution is -2.56. The molecule has 4 aromatic heterocycles. The van der Waals surface area contributed by atoms with Crippen LogP contribution in [0.1, 0.15) is 72.7 Å². The first-order valence-electron chi connectivity index (χ1n) is 36.5. The third kappa shape index (κ3) is 16.2. The van der Waals surface area contributed by atoms with Crippen molar-refractivity contribution in [2.24, 2.45) is 0 Å². The molecule has 21 nitrogen and oxygen atoms in total. The predicted octanol–water partition coefficient (Wildman–Crippen LogP) is 8.28. The van der Waals surface area contributed by atoms with Gasteiger partial charge < -0.3 is 73.4 Å². The molecule has 546 valence electrons. The molecule has 3 N–H and O–H groups in total. The molecule has 2 atom stereocenters. The van der Waals surface area contributed by atoms with E-state index in [0.717, 1.165) is 186 Å². The maximum Gasteiger partial charge on any atom is 0.243 e. The topological polar surface area (TPSA) is 170 Å². The third-order valence-corrected chi connectivity index (χ3v) is 22.9. The van der Waals surface area contributed by atoms with Crippen LogP contribution < -0.4 is 16.0 Å². The lowest BCUT2D eigenvalue weighted by Gasteiger charge is -2.37. The predicted molar refractivity (Wildman–Crippen MR) is 409 cm³/mol. The lowest BCUT2D eigenvalue weighted by atomic mass is 10.1. The van der Waals surface area contributed by atoms with Crippen LogP contribution in [0, 0.1) is 0 Å². The van der Waals surface area contributed by atoms with Crippen LogP contribution in [0.3, 0.4) is 0 Å². The van der Waals surface area contributed by atoms with Crippen molar-refractivity contribution in [1.82, 2.24) is 78.3 Å². The minimum absolute atomic E-state index is 0.0107. The van der Waals surface area contributed by atoms with E-state index in [1.54, 1.807) is 4.90 Å². The van der Waals surface area contributed by atoms with Crippen molar-refractivity contribution in [3.05, 3.63) is 138 Å². The molecule has 102 heavy (non-hydrogen) atoms. The van der Waals surface area contributed by atoms with Gasteiger partial charge in [-0.3, -0.25) is 28.9 Å². The molecule has 0 radical (unpaired) electrons. The van der Waals surface area contributed by atoms with Crippen molar-refractivity contribution in [1.29, 1.82) is 0 Å². The van der Waals surface area contributed by atoms with Crippen LogP contribution in [0.2, 0.25) is 20.1 Å². The molecule has 4 fully saturated rings. The average molecular weight is 1470 g/mol. The Hall–Kier alpha value is -6.73. The van der Waals surface area contributed by atoms with Gasteiger partial charge in [0.05, 0.1) is 6.54 Å². The number of likely N-dealkylation sites (N-methyl/N-ethyl adjacent to an activating group) is 4. The number of aromatic nitrogens is 4. The molecular formula is C77H100Cl4N16O5. The summed E-state index contributed by atoms with van der Waals surface area (Å²) in [5.74, 6) is 0.548. The molecule has 2 unspecified atom stereocenters. The van der Waals surface area contributed by atoms with E-state index in [0.29, 0.717) is 55.9 Å². The highest BCUT2D eigenvalue weighted by Crippen LogP contribution is 2.37. The van der Waals surface area contributed by atoms with Crippen molar-refractivity contribution in [2.75, 3.05) is 139 Å². The van der Waals surface area contributed by atoms with Crippen LogP contribution in [0.15, 0.2) is 72.8 Å². The fourth-order valence-corrected chi connectivity index (χ4v) is 17.4. The molecular weight excluding hydrogens is 1370 g/mol. The van der Waals surface area contributed by atoms with E-state index in [9.17, 15) is 24.0 Å². The molecule has 0 saturated carbocycles. The second kappa shape index (κ2) is 31.9. The van der Waals surface area contributed by atoms with Crippen molar-refractivity contribution in [3.63, 3.8) is 0 Å². The monoisotopic (exact) mass is 1470 g/mol. The number of nitrogens with one attached hydrogen (secondary N) is 3. The number of benzene rings is 4. The van der Waals surface area contributed by atoms with Gasteiger partial charge >= 0.3 is 0 Å². The largest absolute Gasteiger partial charge is 0.353 e. The zero-order valence-electron chi connectivity index (χ0n) is 60.5. The molecule has 5 amide bonds. The summed E-state index contributed by atoms with van der Waals surface area (Å²) in [7, 11) is 8.54. The highest BCUT2D eigenvalue weighted by molar-refractivity contribution is 6.32. The Balaban J connectivity index is 0.000000121.